The van der Waals surface area contributed by atoms with E-state index in [1.807, 2.05) is 0 Å². The number of unbranched alkanes of at least 4 members (excludes halogenated alkanes) is 1. The van der Waals surface area contributed by atoms with Crippen LogP contribution in [-0.2, 0) is 24.0 Å². The van der Waals surface area contributed by atoms with E-state index in [9.17, 15) is 34.2 Å². The topological polar surface area (TPSA) is 234 Å². The Labute approximate surface area is 202 Å². The lowest BCUT2D eigenvalue weighted by molar-refractivity contribution is -0.145. The number of carboxylic acids is 2. The summed E-state index contributed by atoms with van der Waals surface area (Å²) in [6.45, 7) is 1.58. The molecule has 34 heavy (non-hydrogen) atoms. The second kappa shape index (κ2) is 17.1. The highest BCUT2D eigenvalue weighted by Gasteiger charge is 2.31. The lowest BCUT2D eigenvalue weighted by atomic mass is 10.1. The van der Waals surface area contributed by atoms with Gasteiger partial charge in [0.15, 0.2) is 6.04 Å². The Kier molecular flexibility index (Phi) is 15.9. The number of hydrogen-bond acceptors (Lipinski definition) is 9. The first-order valence-corrected chi connectivity index (χ1v) is 12.3. The number of aliphatic hydroxyl groups is 1. The first-order chi connectivity index (χ1) is 15.9. The van der Waals surface area contributed by atoms with Crippen molar-refractivity contribution in [3.8, 4) is 0 Å². The molecule has 0 aromatic rings. The molecule has 0 aliphatic rings. The van der Waals surface area contributed by atoms with Gasteiger partial charge in [0.2, 0.25) is 17.7 Å². The summed E-state index contributed by atoms with van der Waals surface area (Å²) in [7, 11) is 0. The van der Waals surface area contributed by atoms with Crippen molar-refractivity contribution in [2.75, 3.05) is 18.6 Å². The van der Waals surface area contributed by atoms with Gasteiger partial charge in [0.05, 0.1) is 12.1 Å². The highest BCUT2D eigenvalue weighted by atomic mass is 32.2. The van der Waals surface area contributed by atoms with Gasteiger partial charge in [-0.2, -0.15) is 11.8 Å². The van der Waals surface area contributed by atoms with Crippen LogP contribution in [0.2, 0.25) is 0 Å². The van der Waals surface area contributed by atoms with Gasteiger partial charge in [0.1, 0.15) is 12.1 Å². The highest BCUT2D eigenvalue weighted by molar-refractivity contribution is 7.98. The minimum absolute atomic E-state index is 0.118. The molecule has 0 fully saturated rings. The number of carboxylic acid groups (broad SMARTS) is 2. The predicted molar refractivity (Wildman–Crippen MR) is 126 cm³/mol. The van der Waals surface area contributed by atoms with Gasteiger partial charge in [-0.3, -0.25) is 19.2 Å². The number of thioether (sulfide) groups is 1. The Bertz CT molecular complexity index is 694. The molecular formula is C20H37N5O8S. The van der Waals surface area contributed by atoms with Crippen LogP contribution in [0.1, 0.15) is 45.4 Å². The maximum Gasteiger partial charge on any atom is 0.328 e. The SMILES string of the molecule is CSCCC(NC(=O)C(CCCCN)NC(=O)C(N)CCC(=O)O)C(=O)NC(C(=O)O)C(C)O. The Morgan fingerprint density at radius 1 is 0.882 bits per heavy atom. The molecule has 13 nitrogen and oxygen atoms in total. The molecule has 0 saturated heterocycles. The second-order valence-corrected chi connectivity index (χ2v) is 8.78. The first kappa shape index (κ1) is 31.6. The zero-order valence-corrected chi connectivity index (χ0v) is 20.3. The molecule has 0 aromatic heterocycles. The van der Waals surface area contributed by atoms with E-state index in [0.717, 1.165) is 0 Å². The summed E-state index contributed by atoms with van der Waals surface area (Å²) in [6, 6.07) is -4.88. The number of nitrogens with two attached hydrogens (primary N) is 2. The van der Waals surface area contributed by atoms with Crippen LogP contribution in [0, 0.1) is 0 Å². The summed E-state index contributed by atoms with van der Waals surface area (Å²) in [4.78, 5) is 60.0. The third-order valence-electron chi connectivity index (χ3n) is 4.88. The van der Waals surface area contributed by atoms with Crippen molar-refractivity contribution in [1.82, 2.24) is 16.0 Å². The van der Waals surface area contributed by atoms with E-state index in [1.165, 1.54) is 18.7 Å². The van der Waals surface area contributed by atoms with Crippen LogP contribution >= 0.6 is 11.8 Å². The number of carbonyl (C=O) groups excluding carboxylic acids is 3. The Morgan fingerprint density at radius 2 is 1.44 bits per heavy atom. The number of nitrogens with one attached hydrogen (secondary N) is 3. The maximum absolute atomic E-state index is 12.9. The molecule has 3 amide bonds. The van der Waals surface area contributed by atoms with Gasteiger partial charge in [-0.25, -0.2) is 4.79 Å². The first-order valence-electron chi connectivity index (χ1n) is 10.9. The zero-order chi connectivity index (χ0) is 26.3. The molecule has 0 aliphatic heterocycles. The number of hydrogen-bond donors (Lipinski definition) is 8. The van der Waals surface area contributed by atoms with Gasteiger partial charge in [0, 0.05) is 6.42 Å². The molecule has 196 valence electrons. The number of amides is 3. The number of aliphatic carboxylic acids is 2. The molecule has 5 unspecified atom stereocenters. The quantitative estimate of drug-likeness (QED) is 0.0943. The van der Waals surface area contributed by atoms with E-state index in [0.29, 0.717) is 25.1 Å². The van der Waals surface area contributed by atoms with Crippen molar-refractivity contribution in [1.29, 1.82) is 0 Å². The van der Waals surface area contributed by atoms with Crippen molar-refractivity contribution in [3.05, 3.63) is 0 Å². The molecule has 0 rings (SSSR count). The van der Waals surface area contributed by atoms with Crippen molar-refractivity contribution in [2.45, 2.75) is 75.7 Å². The van der Waals surface area contributed by atoms with Gasteiger partial charge in [-0.05, 0) is 57.6 Å². The summed E-state index contributed by atoms with van der Waals surface area (Å²) < 4.78 is 0. The molecule has 0 aromatic carbocycles. The van der Waals surface area contributed by atoms with Crippen LogP contribution in [0.15, 0.2) is 0 Å². The Hall–Kier alpha value is -2.42. The van der Waals surface area contributed by atoms with Gasteiger partial charge >= 0.3 is 11.9 Å². The van der Waals surface area contributed by atoms with Crippen LogP contribution in [0.3, 0.4) is 0 Å². The third-order valence-corrected chi connectivity index (χ3v) is 5.52. The fraction of sp³-hybridized carbons (Fsp3) is 0.750. The maximum atomic E-state index is 12.9. The average Bonchev–Trinajstić information content (AvgIpc) is 2.76. The summed E-state index contributed by atoms with van der Waals surface area (Å²) in [5, 5.41) is 34.8. The molecule has 10 N–H and O–H groups in total. The van der Waals surface area contributed by atoms with E-state index in [2.05, 4.69) is 16.0 Å². The van der Waals surface area contributed by atoms with Gasteiger partial charge < -0.3 is 42.7 Å². The standard InChI is InChI=1S/C20H37N5O8S/c1-11(26)16(20(32)33)25-19(31)14(8-10-34-2)24-18(30)13(5-3-4-9-21)23-17(29)12(22)6-7-15(27)28/h11-14,16,26H,3-10,21-22H2,1-2H3,(H,23,29)(H,24,30)(H,25,31)(H,27,28)(H,32,33). The largest absolute Gasteiger partial charge is 0.481 e. The summed E-state index contributed by atoms with van der Waals surface area (Å²) in [5.74, 6) is -4.25. The summed E-state index contributed by atoms with van der Waals surface area (Å²) >= 11 is 1.41. The molecule has 0 saturated carbocycles. The van der Waals surface area contributed by atoms with E-state index in [-0.39, 0.29) is 25.7 Å². The minimum atomic E-state index is -1.56. The van der Waals surface area contributed by atoms with Gasteiger partial charge in [0.25, 0.3) is 0 Å². The van der Waals surface area contributed by atoms with Crippen molar-refractivity contribution < 1.29 is 39.3 Å². The number of carbonyl (C=O) groups is 5. The summed E-state index contributed by atoms with van der Waals surface area (Å²) in [6.07, 6.45) is 1.43. The molecule has 14 heteroatoms. The molecule has 0 aliphatic carbocycles. The second-order valence-electron chi connectivity index (χ2n) is 7.79. The van der Waals surface area contributed by atoms with E-state index in [4.69, 9.17) is 16.6 Å². The monoisotopic (exact) mass is 507 g/mol. The predicted octanol–water partition coefficient (Wildman–Crippen LogP) is -2.02. The lowest BCUT2D eigenvalue weighted by Gasteiger charge is -2.25. The lowest BCUT2D eigenvalue weighted by Crippen LogP contribution is -2.58. The molecule has 0 bridgehead atoms. The van der Waals surface area contributed by atoms with E-state index >= 15 is 0 Å². The van der Waals surface area contributed by atoms with Crippen LogP contribution in [0.4, 0.5) is 0 Å². The Morgan fingerprint density at radius 3 is 1.94 bits per heavy atom. The Balaban J connectivity index is 5.43. The zero-order valence-electron chi connectivity index (χ0n) is 19.5. The highest BCUT2D eigenvalue weighted by Crippen LogP contribution is 2.07. The normalized spacial score (nSPS) is 15.3. The van der Waals surface area contributed by atoms with Crippen LogP contribution < -0.4 is 27.4 Å². The van der Waals surface area contributed by atoms with E-state index < -0.39 is 59.9 Å². The minimum Gasteiger partial charge on any atom is -0.481 e. The fourth-order valence-corrected chi connectivity index (χ4v) is 3.34. The summed E-state index contributed by atoms with van der Waals surface area (Å²) in [5.41, 5.74) is 11.2. The molecule has 5 atom stereocenters. The van der Waals surface area contributed by atoms with Gasteiger partial charge in [-0.1, -0.05) is 0 Å². The van der Waals surface area contributed by atoms with Crippen LogP contribution in [0.5, 0.6) is 0 Å². The molecular weight excluding hydrogens is 470 g/mol. The van der Waals surface area contributed by atoms with Crippen molar-refractivity contribution >= 4 is 41.4 Å². The van der Waals surface area contributed by atoms with Crippen LogP contribution in [-0.4, -0.2) is 93.8 Å². The van der Waals surface area contributed by atoms with Gasteiger partial charge in [-0.15, -0.1) is 0 Å². The van der Waals surface area contributed by atoms with Crippen molar-refractivity contribution in [2.24, 2.45) is 11.5 Å². The van der Waals surface area contributed by atoms with Crippen LogP contribution in [0.25, 0.3) is 0 Å². The number of rotatable bonds is 18. The van der Waals surface area contributed by atoms with E-state index in [1.54, 1.807) is 6.26 Å². The smallest absolute Gasteiger partial charge is 0.328 e. The fourth-order valence-electron chi connectivity index (χ4n) is 2.87. The third kappa shape index (κ3) is 12.7. The number of aliphatic hydroxyl groups excluding tert-OH is 1. The van der Waals surface area contributed by atoms with Crippen molar-refractivity contribution in [3.63, 3.8) is 0 Å². The average molecular weight is 508 g/mol. The molecule has 0 spiro atoms. The molecule has 0 radical (unpaired) electrons. The molecule has 0 heterocycles.